The van der Waals surface area contributed by atoms with E-state index in [9.17, 15) is 24.6 Å². The van der Waals surface area contributed by atoms with Crippen LogP contribution in [0.4, 0.5) is 0 Å². The SMILES string of the molecule is CO[C@H]1C[C@H]2C=C[C@H]3[C@H]4C([C@H]3[C@]2(O)/C(C)=C/[C@@H](C)[C@@H]([C@@H](C)OC(=O)CCCCl)OC1=O)[C@H](O)[C@@H](C)[C@H]4OC(=O)c1ccc[nH]1. The zero-order valence-corrected chi connectivity index (χ0v) is 26.6. The summed E-state index contributed by atoms with van der Waals surface area (Å²) in [7, 11) is 1.42. The predicted molar refractivity (Wildman–Crippen MR) is 160 cm³/mol. The Kier molecular flexibility index (Phi) is 9.66. The van der Waals surface area contributed by atoms with Crippen LogP contribution in [0.25, 0.3) is 0 Å². The van der Waals surface area contributed by atoms with Crippen LogP contribution in [0.1, 0.15) is 57.4 Å². The lowest BCUT2D eigenvalue weighted by Crippen LogP contribution is -2.65. The Bertz CT molecular complexity index is 1280. The highest BCUT2D eigenvalue weighted by Gasteiger charge is 2.71. The molecule has 0 amide bonds. The highest BCUT2D eigenvalue weighted by atomic mass is 35.5. The van der Waals surface area contributed by atoms with E-state index >= 15 is 0 Å². The summed E-state index contributed by atoms with van der Waals surface area (Å²) in [5, 5.41) is 24.3. The standard InChI is InChI=1S/C33H44ClNO9/c1-16-14-17(2)33(40)20(15-23(41-5)32(39)43-29(16)19(4)42-24(36)9-6-12-34)10-11-21-25-26(27(21)33)28(37)18(3)30(25)44-31(38)22-8-7-13-35-22/h7-8,10-11,13-14,16,18-21,23,25-30,35,37,40H,6,9,12,15H2,1-5H3/b17-14+/t16-,18-,19-,20-,21+,23+,25+,26?,27+,28-,29+,30-,33+/m1/s1. The topological polar surface area (TPSA) is 144 Å². The third-order valence-corrected chi connectivity index (χ3v) is 10.7. The van der Waals surface area contributed by atoms with Crippen molar-refractivity contribution in [2.24, 2.45) is 41.4 Å². The van der Waals surface area contributed by atoms with Crippen LogP contribution in [0.3, 0.4) is 0 Å². The lowest BCUT2D eigenvalue weighted by Gasteiger charge is -2.61. The van der Waals surface area contributed by atoms with Gasteiger partial charge in [0, 0.05) is 55.2 Å². The molecule has 5 rings (SSSR count). The van der Waals surface area contributed by atoms with Crippen LogP contribution >= 0.6 is 11.6 Å². The third kappa shape index (κ3) is 5.63. The van der Waals surface area contributed by atoms with E-state index in [-0.39, 0.29) is 42.4 Å². The molecule has 0 aromatic carbocycles. The Hall–Kier alpha value is -2.66. The van der Waals surface area contributed by atoms with Crippen molar-refractivity contribution in [3.05, 3.63) is 47.8 Å². The molecule has 1 aromatic rings. The maximum absolute atomic E-state index is 13.4. The number of cyclic esters (lactones) is 1. The molecule has 4 aliphatic rings. The van der Waals surface area contributed by atoms with E-state index in [1.54, 1.807) is 25.3 Å². The monoisotopic (exact) mass is 633 g/mol. The summed E-state index contributed by atoms with van der Waals surface area (Å²) in [6.45, 7) is 7.28. The Morgan fingerprint density at radius 3 is 2.66 bits per heavy atom. The minimum atomic E-state index is -1.42. The molecule has 0 saturated heterocycles. The number of carbonyl (C=O) groups excluding carboxylic acids is 3. The number of allylic oxidation sites excluding steroid dienone is 1. The van der Waals surface area contributed by atoms with E-state index in [1.165, 1.54) is 7.11 Å². The summed E-state index contributed by atoms with van der Waals surface area (Å²) in [5.74, 6) is -3.50. The Morgan fingerprint density at radius 1 is 1.25 bits per heavy atom. The zero-order chi connectivity index (χ0) is 31.9. The van der Waals surface area contributed by atoms with Gasteiger partial charge in [-0.25, -0.2) is 9.59 Å². The van der Waals surface area contributed by atoms with Crippen molar-refractivity contribution in [2.45, 2.75) is 83.1 Å². The number of hydrogen-bond acceptors (Lipinski definition) is 9. The van der Waals surface area contributed by atoms with Crippen LogP contribution < -0.4 is 0 Å². The molecule has 1 aliphatic heterocycles. The van der Waals surface area contributed by atoms with Gasteiger partial charge in [0.25, 0.3) is 0 Å². The molecule has 11 heteroatoms. The molecule has 0 spiro atoms. The number of ether oxygens (including phenoxy) is 4. The smallest absolute Gasteiger partial charge is 0.355 e. The number of halogens is 1. The minimum absolute atomic E-state index is 0.149. The molecule has 1 aromatic heterocycles. The third-order valence-electron chi connectivity index (χ3n) is 10.5. The van der Waals surface area contributed by atoms with Gasteiger partial charge >= 0.3 is 17.9 Å². The summed E-state index contributed by atoms with van der Waals surface area (Å²) < 4.78 is 23.1. The van der Waals surface area contributed by atoms with Gasteiger partial charge in [-0.2, -0.15) is 0 Å². The number of esters is 3. The van der Waals surface area contributed by atoms with Gasteiger partial charge in [0.15, 0.2) is 6.10 Å². The van der Waals surface area contributed by atoms with E-state index in [1.807, 2.05) is 39.0 Å². The van der Waals surface area contributed by atoms with E-state index in [0.29, 0.717) is 23.6 Å². The van der Waals surface area contributed by atoms with Crippen molar-refractivity contribution in [1.29, 1.82) is 0 Å². The van der Waals surface area contributed by atoms with Gasteiger partial charge in [-0.1, -0.05) is 32.1 Å². The second kappa shape index (κ2) is 13.0. The number of aromatic nitrogens is 1. The number of fused-ring (bicyclic) bond motifs is 6. The first-order chi connectivity index (χ1) is 20.9. The number of alkyl halides is 1. The van der Waals surface area contributed by atoms with Crippen LogP contribution in [-0.4, -0.2) is 82.2 Å². The van der Waals surface area contributed by atoms with Gasteiger partial charge in [0.05, 0.1) is 11.7 Å². The van der Waals surface area contributed by atoms with Crippen LogP contribution in [0.2, 0.25) is 0 Å². The molecule has 2 saturated carbocycles. The second-order valence-corrected chi connectivity index (χ2v) is 13.3. The van der Waals surface area contributed by atoms with Crippen molar-refractivity contribution >= 4 is 29.5 Å². The number of nitrogens with one attached hydrogen (secondary N) is 1. The second-order valence-electron chi connectivity index (χ2n) is 12.9. The number of aliphatic hydroxyl groups is 2. The average molecular weight is 634 g/mol. The molecule has 2 fully saturated rings. The molecule has 0 radical (unpaired) electrons. The number of H-pyrrole nitrogens is 1. The van der Waals surface area contributed by atoms with Gasteiger partial charge in [0.2, 0.25) is 0 Å². The van der Waals surface area contributed by atoms with E-state index < -0.39 is 65.9 Å². The maximum atomic E-state index is 13.4. The lowest BCUT2D eigenvalue weighted by atomic mass is 9.46. The molecular weight excluding hydrogens is 590 g/mol. The summed E-state index contributed by atoms with van der Waals surface area (Å²) >= 11 is 5.73. The lowest BCUT2D eigenvalue weighted by molar-refractivity contribution is -0.188. The molecule has 3 aliphatic carbocycles. The maximum Gasteiger partial charge on any atom is 0.355 e. The molecular formula is C33H44ClNO9. The molecule has 242 valence electrons. The fraction of sp³-hybridized carbons (Fsp3) is 0.667. The fourth-order valence-electron chi connectivity index (χ4n) is 8.28. The van der Waals surface area contributed by atoms with Gasteiger partial charge in [-0.3, -0.25) is 4.79 Å². The van der Waals surface area contributed by atoms with E-state index in [4.69, 9.17) is 30.5 Å². The zero-order valence-electron chi connectivity index (χ0n) is 25.9. The first-order valence-electron chi connectivity index (χ1n) is 15.5. The molecule has 44 heavy (non-hydrogen) atoms. The molecule has 3 N–H and O–H groups in total. The summed E-state index contributed by atoms with van der Waals surface area (Å²) in [4.78, 5) is 41.5. The Balaban J connectivity index is 1.46. The number of aliphatic hydroxyl groups excluding tert-OH is 1. The van der Waals surface area contributed by atoms with Crippen molar-refractivity contribution in [3.63, 3.8) is 0 Å². The van der Waals surface area contributed by atoms with Gasteiger partial charge in [0.1, 0.15) is 24.0 Å². The average Bonchev–Trinajstić information content (AvgIpc) is 3.58. The summed E-state index contributed by atoms with van der Waals surface area (Å²) in [6.07, 6.45) is 4.38. The number of rotatable bonds is 8. The van der Waals surface area contributed by atoms with E-state index in [0.717, 1.165) is 0 Å². The first-order valence-corrected chi connectivity index (χ1v) is 16.1. The number of carbonyl (C=O) groups is 3. The van der Waals surface area contributed by atoms with Crippen molar-refractivity contribution in [3.8, 4) is 0 Å². The van der Waals surface area contributed by atoms with Crippen molar-refractivity contribution < 1.29 is 43.5 Å². The molecule has 13 atom stereocenters. The predicted octanol–water partition coefficient (Wildman–Crippen LogP) is 3.81. The number of aromatic amines is 1. The van der Waals surface area contributed by atoms with Gasteiger partial charge in [-0.15, -0.1) is 11.6 Å². The van der Waals surface area contributed by atoms with Gasteiger partial charge in [-0.05, 0) is 56.2 Å². The summed E-state index contributed by atoms with van der Waals surface area (Å²) in [6, 6.07) is 3.37. The highest BCUT2D eigenvalue weighted by molar-refractivity contribution is 6.17. The van der Waals surface area contributed by atoms with Crippen molar-refractivity contribution in [1.82, 2.24) is 4.98 Å². The van der Waals surface area contributed by atoms with Crippen LogP contribution in [-0.2, 0) is 28.5 Å². The van der Waals surface area contributed by atoms with Crippen molar-refractivity contribution in [2.75, 3.05) is 13.0 Å². The Morgan fingerprint density at radius 2 is 2.00 bits per heavy atom. The minimum Gasteiger partial charge on any atom is -0.459 e. The molecule has 1 unspecified atom stereocenters. The largest absolute Gasteiger partial charge is 0.459 e. The molecule has 2 heterocycles. The van der Waals surface area contributed by atoms with E-state index in [2.05, 4.69) is 4.98 Å². The van der Waals surface area contributed by atoms with Gasteiger partial charge < -0.3 is 34.1 Å². The fourth-order valence-corrected chi connectivity index (χ4v) is 8.42. The number of hydrogen-bond donors (Lipinski definition) is 3. The first kappa shape index (κ1) is 32.7. The molecule has 0 bridgehead atoms. The Labute approximate surface area is 263 Å². The summed E-state index contributed by atoms with van der Waals surface area (Å²) in [5.41, 5.74) is -0.402. The number of methoxy groups -OCH3 is 1. The quantitative estimate of drug-likeness (QED) is 0.168. The van der Waals surface area contributed by atoms with Crippen LogP contribution in [0.5, 0.6) is 0 Å². The highest BCUT2D eigenvalue weighted by Crippen LogP contribution is 2.66. The van der Waals surface area contributed by atoms with Crippen LogP contribution in [0.15, 0.2) is 42.1 Å². The molecule has 10 nitrogen and oxygen atoms in total. The van der Waals surface area contributed by atoms with Crippen LogP contribution in [0, 0.1) is 41.4 Å². The normalized spacial score (nSPS) is 41.5.